The number of pyridine rings is 1. The Bertz CT molecular complexity index is 1280. The first kappa shape index (κ1) is 20.7. The highest BCUT2D eigenvalue weighted by atomic mass is 35.5. The van der Waals surface area contributed by atoms with E-state index < -0.39 is 0 Å². The largest absolute Gasteiger partial charge is 0.459 e. The van der Waals surface area contributed by atoms with Crippen molar-refractivity contribution in [3.63, 3.8) is 0 Å². The monoisotopic (exact) mass is 463 g/mol. The van der Waals surface area contributed by atoms with Crippen molar-refractivity contribution < 1.29 is 8.81 Å². The normalized spacial score (nSPS) is 18.1. The van der Waals surface area contributed by atoms with E-state index in [1.54, 1.807) is 18.3 Å². The Morgan fingerprint density at radius 3 is 2.59 bits per heavy atom. The van der Waals surface area contributed by atoms with Crippen LogP contribution >= 0.6 is 23.8 Å². The fourth-order valence-corrected chi connectivity index (χ4v) is 4.46. The number of anilines is 1. The number of aryl methyl sites for hydroxylation is 1. The summed E-state index contributed by atoms with van der Waals surface area (Å²) in [4.78, 5) is 6.47. The molecular weight excluding hydrogens is 445 g/mol. The van der Waals surface area contributed by atoms with Crippen molar-refractivity contribution in [2.24, 2.45) is 0 Å². The molecule has 4 nitrogen and oxygen atoms in total. The summed E-state index contributed by atoms with van der Waals surface area (Å²) in [6.07, 6.45) is 1.75. The number of hydrogen-bond acceptors (Lipinski definition) is 3. The van der Waals surface area contributed by atoms with Gasteiger partial charge in [0.15, 0.2) is 5.11 Å². The number of hydrogen-bond donors (Lipinski definition) is 1. The summed E-state index contributed by atoms with van der Waals surface area (Å²) in [5, 5.41) is 4.57. The van der Waals surface area contributed by atoms with Gasteiger partial charge in [-0.2, -0.15) is 0 Å². The number of halogens is 2. The lowest BCUT2D eigenvalue weighted by Gasteiger charge is -2.26. The van der Waals surface area contributed by atoms with Gasteiger partial charge in [-0.3, -0.25) is 4.98 Å². The molecule has 1 N–H and O–H groups in total. The molecule has 0 unspecified atom stereocenters. The van der Waals surface area contributed by atoms with Gasteiger partial charge < -0.3 is 14.6 Å². The lowest BCUT2D eigenvalue weighted by Crippen LogP contribution is -2.29. The van der Waals surface area contributed by atoms with Gasteiger partial charge in [-0.25, -0.2) is 4.39 Å². The highest BCUT2D eigenvalue weighted by Gasteiger charge is 2.42. The first-order valence-corrected chi connectivity index (χ1v) is 10.9. The molecule has 1 aliphatic rings. The van der Waals surface area contributed by atoms with Crippen molar-refractivity contribution in [1.29, 1.82) is 0 Å². The minimum atomic E-state index is -0.308. The predicted octanol–water partition coefficient (Wildman–Crippen LogP) is 6.62. The van der Waals surface area contributed by atoms with Crippen LogP contribution in [-0.4, -0.2) is 10.1 Å². The van der Waals surface area contributed by atoms with E-state index >= 15 is 0 Å². The molecule has 0 radical (unpaired) electrons. The quantitative estimate of drug-likeness (QED) is 0.344. The molecule has 0 spiro atoms. The van der Waals surface area contributed by atoms with Crippen LogP contribution in [0.15, 0.2) is 83.4 Å². The summed E-state index contributed by atoms with van der Waals surface area (Å²) in [6, 6.07) is 21.2. The van der Waals surface area contributed by atoms with Crippen molar-refractivity contribution in [3.8, 4) is 11.3 Å². The van der Waals surface area contributed by atoms with Crippen LogP contribution in [0.25, 0.3) is 11.3 Å². The number of aromatic nitrogens is 1. The molecule has 1 saturated heterocycles. The molecule has 2 atom stereocenters. The van der Waals surface area contributed by atoms with Crippen LogP contribution in [-0.2, 0) is 0 Å². The molecule has 0 amide bonds. The zero-order valence-corrected chi connectivity index (χ0v) is 18.7. The third kappa shape index (κ3) is 3.76. The van der Waals surface area contributed by atoms with Crippen LogP contribution in [0.2, 0.25) is 5.02 Å². The maximum Gasteiger partial charge on any atom is 0.174 e. The molecule has 2 aromatic heterocycles. The second-order valence-corrected chi connectivity index (χ2v) is 8.43. The number of thiocarbonyl (C=S) groups is 1. The summed E-state index contributed by atoms with van der Waals surface area (Å²) < 4.78 is 19.9. The van der Waals surface area contributed by atoms with E-state index in [9.17, 15) is 4.39 Å². The van der Waals surface area contributed by atoms with Crippen molar-refractivity contribution in [3.05, 3.63) is 107 Å². The predicted molar refractivity (Wildman–Crippen MR) is 128 cm³/mol. The number of nitrogens with one attached hydrogen (secondary N) is 1. The van der Waals surface area contributed by atoms with Crippen LogP contribution in [0.3, 0.4) is 0 Å². The zero-order chi connectivity index (χ0) is 22.2. The molecule has 160 valence electrons. The smallest absolute Gasteiger partial charge is 0.174 e. The van der Waals surface area contributed by atoms with Gasteiger partial charge in [0, 0.05) is 22.5 Å². The number of furan rings is 1. The molecule has 1 aliphatic heterocycles. The number of nitrogens with zero attached hydrogens (tertiary/aromatic N) is 2. The van der Waals surface area contributed by atoms with Gasteiger partial charge in [0.1, 0.15) is 23.4 Å². The van der Waals surface area contributed by atoms with Gasteiger partial charge >= 0.3 is 0 Å². The van der Waals surface area contributed by atoms with Crippen molar-refractivity contribution in [1.82, 2.24) is 10.3 Å². The Labute approximate surface area is 195 Å². The average Bonchev–Trinajstić information content (AvgIpc) is 3.41. The lowest BCUT2D eigenvalue weighted by molar-refractivity contribution is 0.439. The Morgan fingerprint density at radius 1 is 1.06 bits per heavy atom. The van der Waals surface area contributed by atoms with Gasteiger partial charge in [-0.15, -0.1) is 0 Å². The van der Waals surface area contributed by atoms with Gasteiger partial charge in [0.05, 0.1) is 11.7 Å². The lowest BCUT2D eigenvalue weighted by atomic mass is 10.0. The molecule has 2 aromatic carbocycles. The summed E-state index contributed by atoms with van der Waals surface area (Å²) in [6.45, 7) is 1.96. The Kier molecular flexibility index (Phi) is 5.41. The Hall–Kier alpha value is -3.22. The van der Waals surface area contributed by atoms with Gasteiger partial charge in [-0.05, 0) is 79.3 Å². The molecule has 4 aromatic rings. The van der Waals surface area contributed by atoms with Crippen LogP contribution in [0.5, 0.6) is 0 Å². The minimum Gasteiger partial charge on any atom is -0.459 e. The van der Waals surface area contributed by atoms with Gasteiger partial charge in [0.25, 0.3) is 0 Å². The highest BCUT2D eigenvalue weighted by molar-refractivity contribution is 7.80. The molecule has 7 heteroatoms. The molecule has 0 bridgehead atoms. The van der Waals surface area contributed by atoms with Crippen LogP contribution in [0.1, 0.15) is 29.1 Å². The van der Waals surface area contributed by atoms with Crippen molar-refractivity contribution in [2.75, 3.05) is 4.90 Å². The maximum absolute atomic E-state index is 13.6. The molecule has 32 heavy (non-hydrogen) atoms. The van der Waals surface area contributed by atoms with Crippen LogP contribution in [0, 0.1) is 12.7 Å². The van der Waals surface area contributed by atoms with E-state index in [4.69, 9.17) is 28.2 Å². The Balaban J connectivity index is 1.59. The fraction of sp³-hybridized carbons (Fsp3) is 0.120. The van der Waals surface area contributed by atoms with E-state index in [0.29, 0.717) is 21.7 Å². The molecule has 3 heterocycles. The van der Waals surface area contributed by atoms with Crippen molar-refractivity contribution in [2.45, 2.75) is 19.0 Å². The first-order valence-electron chi connectivity index (χ1n) is 10.1. The second kappa shape index (κ2) is 8.37. The average molecular weight is 464 g/mol. The third-order valence-electron chi connectivity index (χ3n) is 5.58. The number of rotatable bonds is 4. The maximum atomic E-state index is 13.6. The van der Waals surface area contributed by atoms with E-state index in [-0.39, 0.29) is 17.9 Å². The molecular formula is C25H19ClFN3OS. The molecule has 0 saturated carbocycles. The summed E-state index contributed by atoms with van der Waals surface area (Å²) in [7, 11) is 0. The number of benzene rings is 2. The SMILES string of the molecule is Cc1ccc(-c2ccc([C@@H]3[C@H](c4ccccn4)NC(=S)N3c3ccc(F)cc3)o2)cc1Cl. The fourth-order valence-electron chi connectivity index (χ4n) is 3.94. The van der Waals surface area contributed by atoms with E-state index in [1.807, 2.05) is 60.4 Å². The van der Waals surface area contributed by atoms with Gasteiger partial charge in [-0.1, -0.05) is 29.8 Å². The molecule has 5 rings (SSSR count). The highest BCUT2D eigenvalue weighted by Crippen LogP contribution is 2.43. The van der Waals surface area contributed by atoms with E-state index in [2.05, 4.69) is 10.3 Å². The Morgan fingerprint density at radius 2 is 1.88 bits per heavy atom. The minimum absolute atomic E-state index is 0.241. The first-order chi connectivity index (χ1) is 15.5. The van der Waals surface area contributed by atoms with E-state index in [1.165, 1.54) is 12.1 Å². The molecule has 1 fully saturated rings. The van der Waals surface area contributed by atoms with Crippen LogP contribution in [0.4, 0.5) is 10.1 Å². The van der Waals surface area contributed by atoms with Crippen LogP contribution < -0.4 is 10.2 Å². The van der Waals surface area contributed by atoms with E-state index in [0.717, 1.165) is 22.5 Å². The van der Waals surface area contributed by atoms with Crippen molar-refractivity contribution >= 4 is 34.6 Å². The summed E-state index contributed by atoms with van der Waals surface area (Å²) >= 11 is 12.0. The summed E-state index contributed by atoms with van der Waals surface area (Å²) in [5.41, 5.74) is 3.50. The second-order valence-electron chi connectivity index (χ2n) is 7.64. The third-order valence-corrected chi connectivity index (χ3v) is 6.30. The standard InChI is InChI=1S/C25H19ClFN3OS/c1-15-5-6-16(14-19(15)26)21-11-12-22(31-21)24-23(20-4-2-3-13-28-20)29-25(32)30(24)18-9-7-17(27)8-10-18/h2-14,23-24H,1H3,(H,29,32)/t23-,24+/m0/s1. The molecule has 0 aliphatic carbocycles. The van der Waals surface area contributed by atoms with Gasteiger partial charge in [0.2, 0.25) is 0 Å². The summed E-state index contributed by atoms with van der Waals surface area (Å²) in [5.74, 6) is 1.11. The topological polar surface area (TPSA) is 41.3 Å². The zero-order valence-electron chi connectivity index (χ0n) is 17.1.